The van der Waals surface area contributed by atoms with E-state index in [0.29, 0.717) is 5.92 Å². The minimum atomic E-state index is 0.691. The van der Waals surface area contributed by atoms with Gasteiger partial charge in [0.1, 0.15) is 5.58 Å². The molecule has 1 aromatic heterocycles. The van der Waals surface area contributed by atoms with Crippen molar-refractivity contribution in [3.63, 3.8) is 0 Å². The summed E-state index contributed by atoms with van der Waals surface area (Å²) in [6, 6.07) is 6.41. The average molecular weight is 275 g/mol. The van der Waals surface area contributed by atoms with E-state index in [1.54, 1.807) is 7.11 Å². The van der Waals surface area contributed by atoms with E-state index in [-0.39, 0.29) is 0 Å². The van der Waals surface area contributed by atoms with Gasteiger partial charge in [-0.2, -0.15) is 0 Å². The third-order valence-corrected chi connectivity index (χ3v) is 3.44. The summed E-state index contributed by atoms with van der Waals surface area (Å²) in [6.45, 7) is 7.27. The molecule has 0 bridgehead atoms. The zero-order valence-corrected chi connectivity index (χ0v) is 12.7. The molecule has 2 rings (SSSR count). The molecule has 110 valence electrons. The average Bonchev–Trinajstić information content (AvgIpc) is 2.83. The van der Waals surface area contributed by atoms with Crippen LogP contribution in [0.25, 0.3) is 11.0 Å². The summed E-state index contributed by atoms with van der Waals surface area (Å²) in [5.41, 5.74) is 3.57. The number of furan rings is 1. The van der Waals surface area contributed by atoms with Crippen molar-refractivity contribution in [3.8, 4) is 0 Å². The Balaban J connectivity index is 2.01. The SMILES string of the molecule is COCCc1ccc2occ(CCNCC(C)C)c2c1. The van der Waals surface area contributed by atoms with Crippen LogP contribution in [-0.2, 0) is 17.6 Å². The van der Waals surface area contributed by atoms with Crippen LogP contribution in [0.3, 0.4) is 0 Å². The molecule has 0 atom stereocenters. The van der Waals surface area contributed by atoms with Gasteiger partial charge in [-0.1, -0.05) is 19.9 Å². The molecule has 3 heteroatoms. The number of ether oxygens (including phenoxy) is 1. The van der Waals surface area contributed by atoms with Gasteiger partial charge in [-0.25, -0.2) is 0 Å². The number of methoxy groups -OCH3 is 1. The van der Waals surface area contributed by atoms with Gasteiger partial charge >= 0.3 is 0 Å². The summed E-state index contributed by atoms with van der Waals surface area (Å²) in [6.07, 6.45) is 3.85. The summed E-state index contributed by atoms with van der Waals surface area (Å²) in [5, 5.41) is 4.72. The van der Waals surface area contributed by atoms with Crippen molar-refractivity contribution in [2.24, 2.45) is 5.92 Å². The summed E-state index contributed by atoms with van der Waals surface area (Å²) in [4.78, 5) is 0. The molecule has 1 N–H and O–H groups in total. The first-order valence-corrected chi connectivity index (χ1v) is 7.39. The van der Waals surface area contributed by atoms with Crippen LogP contribution in [0.2, 0.25) is 0 Å². The normalized spacial score (nSPS) is 11.6. The van der Waals surface area contributed by atoms with Crippen molar-refractivity contribution >= 4 is 11.0 Å². The lowest BCUT2D eigenvalue weighted by atomic mass is 10.1. The minimum absolute atomic E-state index is 0.691. The Kier molecular flexibility index (Phi) is 5.62. The van der Waals surface area contributed by atoms with Gasteiger partial charge in [-0.3, -0.25) is 0 Å². The van der Waals surface area contributed by atoms with Crippen molar-refractivity contribution in [2.45, 2.75) is 26.7 Å². The van der Waals surface area contributed by atoms with Crippen molar-refractivity contribution in [1.29, 1.82) is 0 Å². The number of nitrogens with one attached hydrogen (secondary N) is 1. The van der Waals surface area contributed by atoms with E-state index < -0.39 is 0 Å². The molecule has 20 heavy (non-hydrogen) atoms. The topological polar surface area (TPSA) is 34.4 Å². The maximum absolute atomic E-state index is 5.63. The molecule has 0 aliphatic rings. The largest absolute Gasteiger partial charge is 0.464 e. The molecular weight excluding hydrogens is 250 g/mol. The van der Waals surface area contributed by atoms with E-state index in [9.17, 15) is 0 Å². The highest BCUT2D eigenvalue weighted by Crippen LogP contribution is 2.23. The van der Waals surface area contributed by atoms with Crippen LogP contribution in [0.15, 0.2) is 28.9 Å². The van der Waals surface area contributed by atoms with E-state index in [4.69, 9.17) is 9.15 Å². The van der Waals surface area contributed by atoms with Gasteiger partial charge in [0.2, 0.25) is 0 Å². The first kappa shape index (κ1) is 15.1. The highest BCUT2D eigenvalue weighted by molar-refractivity contribution is 5.81. The molecule has 0 saturated carbocycles. The lowest BCUT2D eigenvalue weighted by molar-refractivity contribution is 0.202. The number of hydrogen-bond donors (Lipinski definition) is 1. The van der Waals surface area contributed by atoms with Gasteiger partial charge in [-0.05, 0) is 55.1 Å². The summed E-state index contributed by atoms with van der Waals surface area (Å²) >= 11 is 0. The van der Waals surface area contributed by atoms with Crippen LogP contribution < -0.4 is 5.32 Å². The molecule has 0 saturated heterocycles. The summed E-state index contributed by atoms with van der Waals surface area (Å²) in [5.74, 6) is 0.691. The van der Waals surface area contributed by atoms with Crippen LogP contribution >= 0.6 is 0 Å². The van der Waals surface area contributed by atoms with E-state index in [2.05, 4.69) is 37.4 Å². The van der Waals surface area contributed by atoms with Crippen LogP contribution in [0.1, 0.15) is 25.0 Å². The predicted octanol–water partition coefficient (Wildman–Crippen LogP) is 3.41. The molecule has 0 aliphatic carbocycles. The number of fused-ring (bicyclic) bond motifs is 1. The van der Waals surface area contributed by atoms with Crippen LogP contribution in [0, 0.1) is 5.92 Å². The molecule has 0 aliphatic heterocycles. The quantitative estimate of drug-likeness (QED) is 0.750. The highest BCUT2D eigenvalue weighted by atomic mass is 16.5. The van der Waals surface area contributed by atoms with Gasteiger partial charge in [-0.15, -0.1) is 0 Å². The van der Waals surface area contributed by atoms with Gasteiger partial charge in [0.05, 0.1) is 12.9 Å². The van der Waals surface area contributed by atoms with Crippen LogP contribution in [0.5, 0.6) is 0 Å². The highest BCUT2D eigenvalue weighted by Gasteiger charge is 2.07. The van der Waals surface area contributed by atoms with E-state index in [1.807, 2.05) is 6.26 Å². The third-order valence-electron chi connectivity index (χ3n) is 3.44. The Bertz CT molecular complexity index is 531. The molecule has 0 amide bonds. The maximum atomic E-state index is 5.63. The van der Waals surface area contributed by atoms with Crippen LogP contribution in [0.4, 0.5) is 0 Å². The standard InChI is InChI=1S/C17H25NO2/c1-13(2)11-18-8-6-15-12-20-17-5-4-14(7-9-19-3)10-16(15)17/h4-5,10,12-13,18H,6-9,11H2,1-3H3. The molecule has 3 nitrogen and oxygen atoms in total. The molecular formula is C17H25NO2. The number of rotatable bonds is 8. The lowest BCUT2D eigenvalue weighted by Gasteiger charge is -2.06. The first-order valence-electron chi connectivity index (χ1n) is 7.39. The van der Waals surface area contributed by atoms with Gasteiger partial charge in [0.15, 0.2) is 0 Å². The van der Waals surface area contributed by atoms with Gasteiger partial charge in [0, 0.05) is 12.5 Å². The van der Waals surface area contributed by atoms with Crippen molar-refractivity contribution < 1.29 is 9.15 Å². The second-order valence-corrected chi connectivity index (χ2v) is 5.68. The Morgan fingerprint density at radius 3 is 2.85 bits per heavy atom. The van der Waals surface area contributed by atoms with E-state index >= 15 is 0 Å². The fourth-order valence-electron chi connectivity index (χ4n) is 2.31. The number of benzene rings is 1. The molecule has 0 radical (unpaired) electrons. The van der Waals surface area contributed by atoms with Gasteiger partial charge < -0.3 is 14.5 Å². The Labute approximate surface area is 121 Å². The molecule has 0 unspecified atom stereocenters. The van der Waals surface area contributed by atoms with Gasteiger partial charge in [0.25, 0.3) is 0 Å². The molecule has 1 aromatic carbocycles. The smallest absolute Gasteiger partial charge is 0.134 e. The monoisotopic (exact) mass is 275 g/mol. The molecule has 0 spiro atoms. The van der Waals surface area contributed by atoms with E-state index in [0.717, 1.165) is 38.1 Å². The van der Waals surface area contributed by atoms with E-state index in [1.165, 1.54) is 16.5 Å². The van der Waals surface area contributed by atoms with Crippen LogP contribution in [-0.4, -0.2) is 26.8 Å². The Morgan fingerprint density at radius 2 is 2.10 bits per heavy atom. The molecule has 1 heterocycles. The fraction of sp³-hybridized carbons (Fsp3) is 0.529. The predicted molar refractivity (Wildman–Crippen MR) is 83.2 cm³/mol. The molecule has 0 fully saturated rings. The lowest BCUT2D eigenvalue weighted by Crippen LogP contribution is -2.21. The minimum Gasteiger partial charge on any atom is -0.464 e. The van der Waals surface area contributed by atoms with Crippen molar-refractivity contribution in [2.75, 3.05) is 26.8 Å². The zero-order chi connectivity index (χ0) is 14.4. The van der Waals surface area contributed by atoms with Crippen molar-refractivity contribution in [1.82, 2.24) is 5.32 Å². The summed E-state index contributed by atoms with van der Waals surface area (Å²) in [7, 11) is 1.74. The Hall–Kier alpha value is -1.32. The fourth-order valence-corrected chi connectivity index (χ4v) is 2.31. The maximum Gasteiger partial charge on any atom is 0.134 e. The second kappa shape index (κ2) is 7.46. The molecule has 2 aromatic rings. The summed E-state index contributed by atoms with van der Waals surface area (Å²) < 4.78 is 10.8. The zero-order valence-electron chi connectivity index (χ0n) is 12.7. The Morgan fingerprint density at radius 1 is 1.25 bits per heavy atom. The first-order chi connectivity index (χ1) is 9.70. The third kappa shape index (κ3) is 4.09. The number of hydrogen-bond acceptors (Lipinski definition) is 3. The van der Waals surface area contributed by atoms with Crippen molar-refractivity contribution in [3.05, 3.63) is 35.6 Å². The second-order valence-electron chi connectivity index (χ2n) is 5.68.